The zero-order chi connectivity index (χ0) is 14.4. The van der Waals surface area contributed by atoms with Gasteiger partial charge in [0, 0.05) is 31.7 Å². The number of piperazine rings is 1. The number of rotatable bonds is 7. The summed E-state index contributed by atoms with van der Waals surface area (Å²) in [6, 6.07) is 1.42. The first-order valence-electron chi connectivity index (χ1n) is 8.41. The van der Waals surface area contributed by atoms with E-state index in [2.05, 4.69) is 51.8 Å². The summed E-state index contributed by atoms with van der Waals surface area (Å²) >= 11 is 0. The van der Waals surface area contributed by atoms with Crippen molar-refractivity contribution in [3.63, 3.8) is 0 Å². The normalized spacial score (nSPS) is 27.2. The van der Waals surface area contributed by atoms with Crippen LogP contribution in [0.3, 0.4) is 0 Å². The number of nitrogens with one attached hydrogen (secondary N) is 1. The molecule has 3 atom stereocenters. The fourth-order valence-electron chi connectivity index (χ4n) is 3.31. The summed E-state index contributed by atoms with van der Waals surface area (Å²) in [5, 5.41) is 3.77. The molecule has 0 radical (unpaired) electrons. The molecule has 1 fully saturated rings. The van der Waals surface area contributed by atoms with E-state index >= 15 is 0 Å². The fourth-order valence-corrected chi connectivity index (χ4v) is 3.31. The highest BCUT2D eigenvalue weighted by Crippen LogP contribution is 2.20. The van der Waals surface area contributed by atoms with Gasteiger partial charge in [0.1, 0.15) is 0 Å². The molecule has 114 valence electrons. The van der Waals surface area contributed by atoms with Crippen LogP contribution < -0.4 is 5.32 Å². The van der Waals surface area contributed by atoms with E-state index in [1.54, 1.807) is 0 Å². The standard InChI is InChI=1S/C17H36N2/c1-7-8-15(6)11-19-12-17(14(4)5)18-10-16(19)9-13(2)3/h13-18H,7-12H2,1-6H3. The number of nitrogens with zero attached hydrogens (tertiary/aromatic N) is 1. The van der Waals surface area contributed by atoms with Crippen LogP contribution in [-0.4, -0.2) is 36.6 Å². The molecule has 1 aliphatic rings. The minimum atomic E-state index is 0.678. The third kappa shape index (κ3) is 5.83. The summed E-state index contributed by atoms with van der Waals surface area (Å²) in [5.41, 5.74) is 0. The van der Waals surface area contributed by atoms with Gasteiger partial charge < -0.3 is 5.32 Å². The van der Waals surface area contributed by atoms with Gasteiger partial charge in [0.25, 0.3) is 0 Å². The van der Waals surface area contributed by atoms with E-state index in [1.165, 1.54) is 38.9 Å². The predicted octanol–water partition coefficient (Wildman–Crippen LogP) is 3.77. The number of hydrogen-bond donors (Lipinski definition) is 1. The summed E-state index contributed by atoms with van der Waals surface area (Å²) in [6.07, 6.45) is 4.01. The molecular weight excluding hydrogens is 232 g/mol. The Morgan fingerprint density at radius 2 is 1.84 bits per heavy atom. The molecule has 0 saturated carbocycles. The molecular formula is C17H36N2. The van der Waals surface area contributed by atoms with Crippen LogP contribution in [0.25, 0.3) is 0 Å². The summed E-state index contributed by atoms with van der Waals surface area (Å²) in [4.78, 5) is 2.78. The summed E-state index contributed by atoms with van der Waals surface area (Å²) < 4.78 is 0. The fraction of sp³-hybridized carbons (Fsp3) is 1.00. The van der Waals surface area contributed by atoms with Crippen molar-refractivity contribution in [1.82, 2.24) is 10.2 Å². The Bertz CT molecular complexity index is 237. The molecule has 2 heteroatoms. The van der Waals surface area contributed by atoms with E-state index in [4.69, 9.17) is 0 Å². The maximum atomic E-state index is 3.77. The molecule has 3 unspecified atom stereocenters. The third-order valence-electron chi connectivity index (χ3n) is 4.44. The molecule has 0 aromatic rings. The van der Waals surface area contributed by atoms with E-state index in [1.807, 2.05) is 0 Å². The second-order valence-electron chi connectivity index (χ2n) is 7.39. The lowest BCUT2D eigenvalue weighted by atomic mass is 9.93. The minimum absolute atomic E-state index is 0.678. The molecule has 0 bridgehead atoms. The Kier molecular flexibility index (Phi) is 7.38. The van der Waals surface area contributed by atoms with Gasteiger partial charge in [-0.2, -0.15) is 0 Å². The summed E-state index contributed by atoms with van der Waals surface area (Å²) in [5.74, 6) is 2.38. The van der Waals surface area contributed by atoms with Gasteiger partial charge in [-0.15, -0.1) is 0 Å². The Morgan fingerprint density at radius 1 is 1.16 bits per heavy atom. The van der Waals surface area contributed by atoms with Crippen LogP contribution in [0.5, 0.6) is 0 Å². The van der Waals surface area contributed by atoms with Gasteiger partial charge in [-0.3, -0.25) is 4.90 Å². The second-order valence-corrected chi connectivity index (χ2v) is 7.39. The molecule has 2 nitrogen and oxygen atoms in total. The van der Waals surface area contributed by atoms with Gasteiger partial charge >= 0.3 is 0 Å². The molecule has 1 rings (SSSR count). The molecule has 1 N–H and O–H groups in total. The zero-order valence-corrected chi connectivity index (χ0v) is 14.1. The van der Waals surface area contributed by atoms with Gasteiger partial charge in [-0.25, -0.2) is 0 Å². The van der Waals surface area contributed by atoms with Crippen LogP contribution in [-0.2, 0) is 0 Å². The molecule has 1 heterocycles. The molecule has 0 aliphatic carbocycles. The van der Waals surface area contributed by atoms with E-state index in [0.717, 1.165) is 23.8 Å². The van der Waals surface area contributed by atoms with Crippen molar-refractivity contribution < 1.29 is 0 Å². The first-order valence-corrected chi connectivity index (χ1v) is 8.41. The number of hydrogen-bond acceptors (Lipinski definition) is 2. The largest absolute Gasteiger partial charge is 0.311 e. The molecule has 1 aliphatic heterocycles. The van der Waals surface area contributed by atoms with Crippen molar-refractivity contribution in [2.75, 3.05) is 19.6 Å². The van der Waals surface area contributed by atoms with E-state index in [0.29, 0.717) is 6.04 Å². The van der Waals surface area contributed by atoms with Crippen molar-refractivity contribution in [2.24, 2.45) is 17.8 Å². The highest BCUT2D eigenvalue weighted by Gasteiger charge is 2.30. The lowest BCUT2D eigenvalue weighted by Gasteiger charge is -2.43. The second kappa shape index (κ2) is 8.26. The van der Waals surface area contributed by atoms with E-state index in [9.17, 15) is 0 Å². The maximum absolute atomic E-state index is 3.77. The Balaban J connectivity index is 2.59. The molecule has 0 amide bonds. The first-order chi connectivity index (χ1) is 8.93. The van der Waals surface area contributed by atoms with Crippen molar-refractivity contribution in [2.45, 2.75) is 72.9 Å². The summed E-state index contributed by atoms with van der Waals surface area (Å²) in [6.45, 7) is 17.8. The average Bonchev–Trinajstić information content (AvgIpc) is 2.30. The highest BCUT2D eigenvalue weighted by atomic mass is 15.2. The lowest BCUT2D eigenvalue weighted by Crippen LogP contribution is -2.59. The van der Waals surface area contributed by atoms with Crippen molar-refractivity contribution >= 4 is 0 Å². The summed E-state index contributed by atoms with van der Waals surface area (Å²) in [7, 11) is 0. The van der Waals surface area contributed by atoms with Crippen LogP contribution >= 0.6 is 0 Å². The Labute approximate surface area is 121 Å². The highest BCUT2D eigenvalue weighted by molar-refractivity contribution is 4.88. The van der Waals surface area contributed by atoms with Gasteiger partial charge in [0.2, 0.25) is 0 Å². The van der Waals surface area contributed by atoms with Crippen molar-refractivity contribution in [3.05, 3.63) is 0 Å². The average molecular weight is 268 g/mol. The smallest absolute Gasteiger partial charge is 0.0223 e. The van der Waals surface area contributed by atoms with Gasteiger partial charge in [0.05, 0.1) is 0 Å². The van der Waals surface area contributed by atoms with Crippen molar-refractivity contribution in [1.29, 1.82) is 0 Å². The quantitative estimate of drug-likeness (QED) is 0.756. The Morgan fingerprint density at radius 3 is 2.37 bits per heavy atom. The first kappa shape index (κ1) is 17.0. The predicted molar refractivity (Wildman–Crippen MR) is 85.5 cm³/mol. The monoisotopic (exact) mass is 268 g/mol. The SMILES string of the molecule is CCCC(C)CN1CC(C(C)C)NCC1CC(C)C. The van der Waals surface area contributed by atoms with E-state index < -0.39 is 0 Å². The molecule has 0 spiro atoms. The van der Waals surface area contributed by atoms with Crippen LogP contribution in [0.1, 0.15) is 60.8 Å². The van der Waals surface area contributed by atoms with Crippen LogP contribution in [0.2, 0.25) is 0 Å². The van der Waals surface area contributed by atoms with Crippen molar-refractivity contribution in [3.8, 4) is 0 Å². The van der Waals surface area contributed by atoms with Gasteiger partial charge in [-0.05, 0) is 30.6 Å². The molecule has 0 aromatic heterocycles. The minimum Gasteiger partial charge on any atom is -0.311 e. The zero-order valence-electron chi connectivity index (χ0n) is 14.1. The maximum Gasteiger partial charge on any atom is 0.0223 e. The third-order valence-corrected chi connectivity index (χ3v) is 4.44. The van der Waals surface area contributed by atoms with Gasteiger partial charge in [-0.1, -0.05) is 48.0 Å². The topological polar surface area (TPSA) is 15.3 Å². The Hall–Kier alpha value is -0.0800. The van der Waals surface area contributed by atoms with Gasteiger partial charge in [0.15, 0.2) is 0 Å². The molecule has 19 heavy (non-hydrogen) atoms. The van der Waals surface area contributed by atoms with Crippen LogP contribution in [0.15, 0.2) is 0 Å². The lowest BCUT2D eigenvalue weighted by molar-refractivity contribution is 0.0840. The molecule has 1 saturated heterocycles. The van der Waals surface area contributed by atoms with Crippen LogP contribution in [0, 0.1) is 17.8 Å². The van der Waals surface area contributed by atoms with Crippen LogP contribution in [0.4, 0.5) is 0 Å². The molecule has 0 aromatic carbocycles. The van der Waals surface area contributed by atoms with E-state index in [-0.39, 0.29) is 0 Å².